The summed E-state index contributed by atoms with van der Waals surface area (Å²) in [4.78, 5) is 14.8. The number of carbonyl (C=O) groups excluding carboxylic acids is 1. The van der Waals surface area contributed by atoms with Crippen LogP contribution in [0.15, 0.2) is 24.3 Å². The number of nitrogens with two attached hydrogens (primary N) is 1. The van der Waals surface area contributed by atoms with Gasteiger partial charge in [0.15, 0.2) is 0 Å². The maximum absolute atomic E-state index is 12.7. The maximum Gasteiger partial charge on any atom is 0.226 e. The van der Waals surface area contributed by atoms with Crippen molar-refractivity contribution in [2.75, 3.05) is 0 Å². The Morgan fingerprint density at radius 3 is 2.70 bits per heavy atom. The molecule has 0 saturated heterocycles. The van der Waals surface area contributed by atoms with E-state index in [1.54, 1.807) is 0 Å². The van der Waals surface area contributed by atoms with Crippen LogP contribution in [0.25, 0.3) is 0 Å². The van der Waals surface area contributed by atoms with Crippen molar-refractivity contribution < 1.29 is 4.79 Å². The van der Waals surface area contributed by atoms with Gasteiger partial charge in [0, 0.05) is 24.5 Å². The summed E-state index contributed by atoms with van der Waals surface area (Å²) in [6.45, 7) is 2.86. The second-order valence-electron chi connectivity index (χ2n) is 6.46. The van der Waals surface area contributed by atoms with Crippen molar-refractivity contribution in [1.29, 1.82) is 0 Å². The molecular weight excluding hydrogens is 248 g/mol. The average Bonchev–Trinajstić information content (AvgIpc) is 3.17. The number of amides is 1. The highest BCUT2D eigenvalue weighted by molar-refractivity contribution is 5.80. The van der Waals surface area contributed by atoms with Gasteiger partial charge in [0.25, 0.3) is 0 Å². The monoisotopic (exact) mass is 272 g/mol. The number of hydrogen-bond acceptors (Lipinski definition) is 2. The van der Waals surface area contributed by atoms with Crippen molar-refractivity contribution in [3.63, 3.8) is 0 Å². The van der Waals surface area contributed by atoms with Crippen LogP contribution in [0.5, 0.6) is 0 Å². The summed E-state index contributed by atoms with van der Waals surface area (Å²) >= 11 is 0. The highest BCUT2D eigenvalue weighted by Gasteiger charge is 2.38. The van der Waals surface area contributed by atoms with Gasteiger partial charge < -0.3 is 10.6 Å². The molecule has 3 nitrogen and oxygen atoms in total. The van der Waals surface area contributed by atoms with Gasteiger partial charge >= 0.3 is 0 Å². The molecule has 1 aromatic rings. The van der Waals surface area contributed by atoms with Crippen LogP contribution in [0.1, 0.15) is 43.2 Å². The lowest BCUT2D eigenvalue weighted by Crippen LogP contribution is -2.37. The lowest BCUT2D eigenvalue weighted by Gasteiger charge is -2.26. The molecule has 2 fully saturated rings. The Kier molecular flexibility index (Phi) is 3.79. The van der Waals surface area contributed by atoms with Gasteiger partial charge in [-0.05, 0) is 44.6 Å². The Labute approximate surface area is 121 Å². The molecule has 2 saturated carbocycles. The average molecular weight is 272 g/mol. The summed E-state index contributed by atoms with van der Waals surface area (Å²) in [7, 11) is 0. The zero-order valence-electron chi connectivity index (χ0n) is 12.2. The number of hydrogen-bond donors (Lipinski definition) is 1. The van der Waals surface area contributed by atoms with Crippen LogP contribution < -0.4 is 5.73 Å². The fourth-order valence-corrected chi connectivity index (χ4v) is 3.26. The van der Waals surface area contributed by atoms with E-state index in [0.29, 0.717) is 11.9 Å². The SMILES string of the molecule is Cc1cccc(CN(C(=O)[C@H]2CC[C@@H](N)C2)C2CC2)c1. The van der Waals surface area contributed by atoms with Gasteiger partial charge in [0.05, 0.1) is 0 Å². The van der Waals surface area contributed by atoms with Gasteiger partial charge in [-0.1, -0.05) is 29.8 Å². The molecule has 0 heterocycles. The number of carbonyl (C=O) groups is 1. The van der Waals surface area contributed by atoms with Crippen molar-refractivity contribution in [1.82, 2.24) is 4.90 Å². The van der Waals surface area contributed by atoms with E-state index < -0.39 is 0 Å². The van der Waals surface area contributed by atoms with Gasteiger partial charge in [-0.2, -0.15) is 0 Å². The molecule has 0 aromatic heterocycles. The van der Waals surface area contributed by atoms with E-state index in [4.69, 9.17) is 5.73 Å². The van der Waals surface area contributed by atoms with Crippen LogP contribution in [0.3, 0.4) is 0 Å². The third-order valence-electron chi connectivity index (χ3n) is 4.53. The van der Waals surface area contributed by atoms with Gasteiger partial charge in [-0.3, -0.25) is 4.79 Å². The Balaban J connectivity index is 1.71. The molecule has 2 N–H and O–H groups in total. The van der Waals surface area contributed by atoms with E-state index >= 15 is 0 Å². The summed E-state index contributed by atoms with van der Waals surface area (Å²) in [5.41, 5.74) is 8.46. The van der Waals surface area contributed by atoms with E-state index in [0.717, 1.165) is 38.6 Å². The number of aryl methyl sites for hydroxylation is 1. The van der Waals surface area contributed by atoms with Crippen LogP contribution >= 0.6 is 0 Å². The van der Waals surface area contributed by atoms with Crippen molar-refractivity contribution in [2.45, 2.75) is 57.7 Å². The number of benzene rings is 1. The third kappa shape index (κ3) is 3.04. The molecule has 3 rings (SSSR count). The Bertz CT molecular complexity index is 496. The van der Waals surface area contributed by atoms with E-state index in [9.17, 15) is 4.79 Å². The molecular formula is C17H24N2O. The second kappa shape index (κ2) is 5.57. The third-order valence-corrected chi connectivity index (χ3v) is 4.53. The van der Waals surface area contributed by atoms with Gasteiger partial charge in [-0.25, -0.2) is 0 Å². The van der Waals surface area contributed by atoms with Crippen molar-refractivity contribution >= 4 is 5.91 Å². The molecule has 3 heteroatoms. The minimum absolute atomic E-state index is 0.162. The zero-order valence-corrected chi connectivity index (χ0v) is 12.2. The number of rotatable bonds is 4. The first-order valence-electron chi connectivity index (χ1n) is 7.75. The quantitative estimate of drug-likeness (QED) is 0.916. The maximum atomic E-state index is 12.7. The van der Waals surface area contributed by atoms with E-state index in [1.165, 1.54) is 11.1 Å². The molecule has 2 atom stereocenters. The molecule has 2 aliphatic carbocycles. The predicted molar refractivity (Wildman–Crippen MR) is 80.1 cm³/mol. The zero-order chi connectivity index (χ0) is 14.1. The molecule has 1 aromatic carbocycles. The molecule has 0 radical (unpaired) electrons. The topological polar surface area (TPSA) is 46.3 Å². The molecule has 0 unspecified atom stereocenters. The second-order valence-corrected chi connectivity index (χ2v) is 6.46. The molecule has 20 heavy (non-hydrogen) atoms. The largest absolute Gasteiger partial charge is 0.335 e. The summed E-state index contributed by atoms with van der Waals surface area (Å²) < 4.78 is 0. The highest BCUT2D eigenvalue weighted by atomic mass is 16.2. The highest BCUT2D eigenvalue weighted by Crippen LogP contribution is 2.33. The van der Waals surface area contributed by atoms with Crippen molar-refractivity contribution in [3.8, 4) is 0 Å². The molecule has 0 spiro atoms. The molecule has 1 amide bonds. The molecule has 0 aliphatic heterocycles. The molecule has 0 bridgehead atoms. The fraction of sp³-hybridized carbons (Fsp3) is 0.588. The minimum atomic E-state index is 0.162. The lowest BCUT2D eigenvalue weighted by molar-refractivity contribution is -0.136. The standard InChI is InChI=1S/C17H24N2O/c1-12-3-2-4-13(9-12)11-19(16-7-8-16)17(20)14-5-6-15(18)10-14/h2-4,9,14-16H,5-8,10-11,18H2,1H3/t14-,15+/m0/s1. The summed E-state index contributed by atoms with van der Waals surface area (Å²) in [6.07, 6.45) is 5.17. The minimum Gasteiger partial charge on any atom is -0.335 e. The van der Waals surface area contributed by atoms with E-state index in [1.807, 2.05) is 0 Å². The summed E-state index contributed by atoms with van der Waals surface area (Å²) in [6, 6.07) is 9.18. The van der Waals surface area contributed by atoms with E-state index in [2.05, 4.69) is 36.1 Å². The fourth-order valence-electron chi connectivity index (χ4n) is 3.26. The van der Waals surface area contributed by atoms with Crippen LogP contribution in [-0.4, -0.2) is 22.9 Å². The lowest BCUT2D eigenvalue weighted by atomic mass is 10.0. The Morgan fingerprint density at radius 2 is 2.10 bits per heavy atom. The Morgan fingerprint density at radius 1 is 1.30 bits per heavy atom. The molecule has 108 valence electrons. The predicted octanol–water partition coefficient (Wildman–Crippen LogP) is 2.61. The van der Waals surface area contributed by atoms with Crippen LogP contribution in [0, 0.1) is 12.8 Å². The van der Waals surface area contributed by atoms with Crippen molar-refractivity contribution in [2.24, 2.45) is 11.7 Å². The molecule has 2 aliphatic rings. The first kappa shape index (κ1) is 13.6. The first-order valence-corrected chi connectivity index (χ1v) is 7.75. The van der Waals surface area contributed by atoms with Crippen LogP contribution in [0.4, 0.5) is 0 Å². The first-order chi connectivity index (χ1) is 9.63. The number of nitrogens with zero attached hydrogens (tertiary/aromatic N) is 1. The van der Waals surface area contributed by atoms with Gasteiger partial charge in [0.1, 0.15) is 0 Å². The van der Waals surface area contributed by atoms with Crippen LogP contribution in [0.2, 0.25) is 0 Å². The summed E-state index contributed by atoms with van der Waals surface area (Å²) in [5.74, 6) is 0.498. The van der Waals surface area contributed by atoms with Crippen LogP contribution in [-0.2, 0) is 11.3 Å². The van der Waals surface area contributed by atoms with Gasteiger partial charge in [-0.15, -0.1) is 0 Å². The summed E-state index contributed by atoms with van der Waals surface area (Å²) in [5, 5.41) is 0. The Hall–Kier alpha value is -1.35. The van der Waals surface area contributed by atoms with Gasteiger partial charge in [0.2, 0.25) is 5.91 Å². The normalized spacial score (nSPS) is 25.7. The van der Waals surface area contributed by atoms with Crippen molar-refractivity contribution in [3.05, 3.63) is 35.4 Å². The van der Waals surface area contributed by atoms with E-state index in [-0.39, 0.29) is 12.0 Å². The smallest absolute Gasteiger partial charge is 0.226 e.